The van der Waals surface area contributed by atoms with Crippen LogP contribution in [0.1, 0.15) is 0 Å². The van der Waals surface area contributed by atoms with E-state index in [1.807, 2.05) is 0 Å². The molecule has 0 unspecified atom stereocenters. The maximum atomic E-state index is 9.87. The molecule has 0 bridgehead atoms. The lowest BCUT2D eigenvalue weighted by Gasteiger charge is -1.88. The van der Waals surface area contributed by atoms with Gasteiger partial charge in [-0.25, -0.2) is 9.59 Å². The fourth-order valence-electron chi connectivity index (χ4n) is 0.202. The number of hydrogen-bond acceptors (Lipinski definition) is 3. The van der Waals surface area contributed by atoms with Crippen molar-refractivity contribution in [1.29, 1.82) is 0 Å². The molecule has 0 spiro atoms. The zero-order valence-electron chi connectivity index (χ0n) is 4.24. The lowest BCUT2D eigenvalue weighted by Crippen LogP contribution is -2.09. The Morgan fingerprint density at radius 1 is 1.22 bits per heavy atom. The number of carboxylic acid groups (broad SMARTS) is 2. The smallest absolute Gasteiger partial charge is 0.343 e. The third kappa shape index (κ3) is 2.18. The second-order valence-corrected chi connectivity index (χ2v) is 1.41. The van der Waals surface area contributed by atoms with Gasteiger partial charge in [0, 0.05) is 0 Å². The molecule has 0 atom stereocenters. The van der Waals surface area contributed by atoms with Gasteiger partial charge in [0.05, 0.1) is 0 Å². The minimum absolute atomic E-state index is 0.727. The van der Waals surface area contributed by atoms with Gasteiger partial charge in [0.2, 0.25) is 0 Å². The molecular formula is C4H4O4S. The van der Waals surface area contributed by atoms with E-state index in [0.29, 0.717) is 0 Å². The molecule has 0 rings (SSSR count). The highest BCUT2D eigenvalue weighted by atomic mass is 32.1. The van der Waals surface area contributed by atoms with Crippen LogP contribution in [0.15, 0.2) is 11.0 Å². The summed E-state index contributed by atoms with van der Waals surface area (Å²) in [6.45, 7) is 0. The maximum Gasteiger partial charge on any atom is 0.343 e. The van der Waals surface area contributed by atoms with Crippen molar-refractivity contribution >= 4 is 24.6 Å². The van der Waals surface area contributed by atoms with Crippen LogP contribution in [0.5, 0.6) is 0 Å². The summed E-state index contributed by atoms with van der Waals surface area (Å²) < 4.78 is 0. The quantitative estimate of drug-likeness (QED) is 0.222. The Hall–Kier alpha value is -0.970. The summed E-state index contributed by atoms with van der Waals surface area (Å²) in [4.78, 5) is 19.7. The fourth-order valence-corrected chi connectivity index (χ4v) is 0.423. The fraction of sp³-hybridized carbons (Fsp3) is 0. The Bertz CT molecular complexity index is 155. The first-order valence-corrected chi connectivity index (χ1v) is 2.42. The molecule has 0 saturated heterocycles. The first-order chi connectivity index (χ1) is 4.09. The molecule has 2 N–H and O–H groups in total. The van der Waals surface area contributed by atoms with Crippen LogP contribution in [0.3, 0.4) is 0 Å². The van der Waals surface area contributed by atoms with Crippen LogP contribution in [0.25, 0.3) is 0 Å². The van der Waals surface area contributed by atoms with Crippen LogP contribution in [-0.4, -0.2) is 22.2 Å². The molecule has 4 nitrogen and oxygen atoms in total. The highest BCUT2D eigenvalue weighted by molar-refractivity contribution is 7.83. The van der Waals surface area contributed by atoms with Crippen molar-refractivity contribution in [2.24, 2.45) is 0 Å². The number of carboxylic acids is 2. The molecule has 0 fully saturated rings. The summed E-state index contributed by atoms with van der Waals surface area (Å²) in [6, 6.07) is 0. The van der Waals surface area contributed by atoms with Gasteiger partial charge < -0.3 is 10.2 Å². The third-order valence-electron chi connectivity index (χ3n) is 0.590. The van der Waals surface area contributed by atoms with E-state index in [1.54, 1.807) is 0 Å². The molecule has 0 aliphatic rings. The highest BCUT2D eigenvalue weighted by Crippen LogP contribution is 1.95. The van der Waals surface area contributed by atoms with E-state index >= 15 is 0 Å². The van der Waals surface area contributed by atoms with Crippen molar-refractivity contribution < 1.29 is 19.8 Å². The number of hydrogen-bond donors (Lipinski definition) is 3. The molecule has 0 aromatic carbocycles. The zero-order valence-corrected chi connectivity index (χ0v) is 5.13. The molecule has 0 aliphatic heterocycles. The van der Waals surface area contributed by atoms with Gasteiger partial charge in [-0.05, 0) is 5.41 Å². The van der Waals surface area contributed by atoms with Crippen molar-refractivity contribution in [3.63, 3.8) is 0 Å². The molecule has 0 saturated carbocycles. The zero-order chi connectivity index (χ0) is 7.44. The lowest BCUT2D eigenvalue weighted by atomic mass is 10.3. The molecule has 0 heterocycles. The second kappa shape index (κ2) is 3.13. The molecule has 5 heteroatoms. The Morgan fingerprint density at radius 3 is 1.56 bits per heavy atom. The Morgan fingerprint density at radius 2 is 1.56 bits per heavy atom. The first kappa shape index (κ1) is 8.03. The van der Waals surface area contributed by atoms with Crippen molar-refractivity contribution in [3.05, 3.63) is 11.0 Å². The number of aliphatic carboxylic acids is 2. The van der Waals surface area contributed by atoms with Crippen molar-refractivity contribution in [1.82, 2.24) is 0 Å². The van der Waals surface area contributed by atoms with Crippen LogP contribution < -0.4 is 0 Å². The van der Waals surface area contributed by atoms with E-state index in [-0.39, 0.29) is 0 Å². The second-order valence-electron chi connectivity index (χ2n) is 1.15. The SMILES string of the molecule is O=C(O)C(=CS)C(=O)O. The normalized spacial score (nSPS) is 8.11. The molecule has 0 radical (unpaired) electrons. The molecule has 50 valence electrons. The summed E-state index contributed by atoms with van der Waals surface area (Å²) >= 11 is 3.37. The molecule has 0 aliphatic carbocycles. The molecular weight excluding hydrogens is 144 g/mol. The topological polar surface area (TPSA) is 74.6 Å². The lowest BCUT2D eigenvalue weighted by molar-refractivity contribution is -0.140. The van der Waals surface area contributed by atoms with Gasteiger partial charge in [-0.15, -0.1) is 0 Å². The van der Waals surface area contributed by atoms with Crippen LogP contribution >= 0.6 is 12.6 Å². The highest BCUT2D eigenvalue weighted by Gasteiger charge is 2.13. The van der Waals surface area contributed by atoms with Crippen molar-refractivity contribution in [2.75, 3.05) is 0 Å². The standard InChI is InChI=1S/C4H4O4S/c5-3(6)2(1-9)4(7)8/h1,9H,(H,5,6)(H,7,8). The minimum atomic E-state index is -1.49. The average molecular weight is 148 g/mol. The van der Waals surface area contributed by atoms with Gasteiger partial charge in [-0.2, -0.15) is 12.6 Å². The number of carbonyl (C=O) groups is 2. The van der Waals surface area contributed by atoms with Crippen LogP contribution in [0.2, 0.25) is 0 Å². The molecule has 0 aromatic heterocycles. The summed E-state index contributed by atoms with van der Waals surface area (Å²) in [5, 5.41) is 16.8. The summed E-state index contributed by atoms with van der Waals surface area (Å²) in [5.41, 5.74) is -0.738. The largest absolute Gasteiger partial charge is 0.477 e. The van der Waals surface area contributed by atoms with Crippen molar-refractivity contribution in [3.8, 4) is 0 Å². The maximum absolute atomic E-state index is 9.87. The Labute approximate surface area is 56.2 Å². The number of rotatable bonds is 2. The first-order valence-electron chi connectivity index (χ1n) is 1.90. The van der Waals surface area contributed by atoms with Gasteiger partial charge in [0.15, 0.2) is 5.57 Å². The molecule has 0 aromatic rings. The van der Waals surface area contributed by atoms with Gasteiger partial charge in [-0.1, -0.05) is 0 Å². The van der Waals surface area contributed by atoms with E-state index < -0.39 is 17.5 Å². The van der Waals surface area contributed by atoms with Gasteiger partial charge in [0.25, 0.3) is 0 Å². The monoisotopic (exact) mass is 148 g/mol. The number of thiol groups is 1. The molecule has 0 amide bonds. The third-order valence-corrected chi connectivity index (χ3v) is 0.848. The van der Waals surface area contributed by atoms with Crippen LogP contribution in [0.4, 0.5) is 0 Å². The van der Waals surface area contributed by atoms with E-state index in [1.165, 1.54) is 0 Å². The van der Waals surface area contributed by atoms with E-state index in [4.69, 9.17) is 10.2 Å². The summed E-state index contributed by atoms with van der Waals surface area (Å²) in [7, 11) is 0. The Kier molecular flexibility index (Phi) is 2.80. The van der Waals surface area contributed by atoms with Crippen LogP contribution in [0, 0.1) is 0 Å². The Balaban J connectivity index is 4.38. The minimum Gasteiger partial charge on any atom is -0.477 e. The van der Waals surface area contributed by atoms with Crippen LogP contribution in [-0.2, 0) is 9.59 Å². The van der Waals surface area contributed by atoms with Gasteiger partial charge in [0.1, 0.15) is 0 Å². The van der Waals surface area contributed by atoms with Gasteiger partial charge in [-0.3, -0.25) is 0 Å². The molecule has 9 heavy (non-hydrogen) atoms. The van der Waals surface area contributed by atoms with E-state index in [0.717, 1.165) is 5.41 Å². The predicted molar refractivity (Wildman–Crippen MR) is 32.3 cm³/mol. The summed E-state index contributed by atoms with van der Waals surface area (Å²) in [5.74, 6) is -2.98. The van der Waals surface area contributed by atoms with E-state index in [9.17, 15) is 9.59 Å². The van der Waals surface area contributed by atoms with Gasteiger partial charge >= 0.3 is 11.9 Å². The predicted octanol–water partition coefficient (Wildman–Crippen LogP) is -0.0307. The van der Waals surface area contributed by atoms with Crippen molar-refractivity contribution in [2.45, 2.75) is 0 Å². The summed E-state index contributed by atoms with van der Waals surface area (Å²) in [6.07, 6.45) is 0. The van der Waals surface area contributed by atoms with E-state index in [2.05, 4.69) is 12.6 Å². The average Bonchev–Trinajstić information content (AvgIpc) is 1.64.